The molecule has 1 aliphatic heterocycles. The van der Waals surface area contributed by atoms with Crippen LogP contribution in [0.15, 0.2) is 36.8 Å². The van der Waals surface area contributed by atoms with Crippen LogP contribution in [0.4, 0.5) is 0 Å². The van der Waals surface area contributed by atoms with Crippen molar-refractivity contribution in [2.24, 2.45) is 5.92 Å². The number of nitrogens with zero attached hydrogens (tertiary/aromatic N) is 4. The number of fused-ring (bicyclic) bond motifs is 2. The average Bonchev–Trinajstić information content (AvgIpc) is 3.28. The zero-order valence-corrected chi connectivity index (χ0v) is 17.4. The third-order valence-electron chi connectivity index (χ3n) is 5.86. The topological polar surface area (TPSA) is 58.5 Å². The smallest absolute Gasteiger partial charge is 0.158 e. The first-order chi connectivity index (χ1) is 14.0. The Bertz CT molecular complexity index is 1180. The Balaban J connectivity index is 1.55. The van der Waals surface area contributed by atoms with E-state index in [9.17, 15) is 0 Å². The van der Waals surface area contributed by atoms with Crippen molar-refractivity contribution >= 4 is 16.6 Å². The SMILES string of the molecule is Cc1cc(-c2[nH]c3ccc(OCC4CN(C)C4)cc3c2C(C)C)cn2ncnc12. The van der Waals surface area contributed by atoms with Gasteiger partial charge in [0.1, 0.15) is 12.1 Å². The minimum atomic E-state index is 0.376. The molecule has 6 heteroatoms. The van der Waals surface area contributed by atoms with Gasteiger partial charge in [-0.25, -0.2) is 9.50 Å². The Morgan fingerprint density at radius 1 is 1.24 bits per heavy atom. The first-order valence-corrected chi connectivity index (χ1v) is 10.3. The molecule has 0 amide bonds. The van der Waals surface area contributed by atoms with Gasteiger partial charge in [0.05, 0.1) is 12.3 Å². The van der Waals surface area contributed by atoms with Crippen molar-refractivity contribution in [1.29, 1.82) is 0 Å². The molecule has 4 aromatic rings. The number of aromatic amines is 1. The fourth-order valence-electron chi connectivity index (χ4n) is 4.49. The molecule has 1 saturated heterocycles. The first kappa shape index (κ1) is 18.2. The molecule has 0 unspecified atom stereocenters. The summed E-state index contributed by atoms with van der Waals surface area (Å²) in [5.41, 5.74) is 6.73. The maximum Gasteiger partial charge on any atom is 0.158 e. The largest absolute Gasteiger partial charge is 0.493 e. The Morgan fingerprint density at radius 2 is 2.07 bits per heavy atom. The van der Waals surface area contributed by atoms with E-state index in [0.29, 0.717) is 11.8 Å². The summed E-state index contributed by atoms with van der Waals surface area (Å²) >= 11 is 0. The molecule has 3 aromatic heterocycles. The number of aryl methyl sites for hydroxylation is 1. The molecule has 29 heavy (non-hydrogen) atoms. The average molecular weight is 390 g/mol. The molecule has 0 bridgehead atoms. The summed E-state index contributed by atoms with van der Waals surface area (Å²) in [5.74, 6) is 1.96. The second-order valence-electron chi connectivity index (χ2n) is 8.61. The van der Waals surface area contributed by atoms with Crippen LogP contribution in [0.1, 0.15) is 30.9 Å². The molecule has 4 heterocycles. The van der Waals surface area contributed by atoms with Crippen LogP contribution in [0.5, 0.6) is 5.75 Å². The molecular formula is C23H27N5O. The summed E-state index contributed by atoms with van der Waals surface area (Å²) in [5, 5.41) is 5.57. The molecule has 0 spiro atoms. The van der Waals surface area contributed by atoms with Crippen molar-refractivity contribution in [3.63, 3.8) is 0 Å². The van der Waals surface area contributed by atoms with Gasteiger partial charge in [0, 0.05) is 41.7 Å². The van der Waals surface area contributed by atoms with E-state index in [0.717, 1.165) is 53.4 Å². The Kier molecular flexibility index (Phi) is 4.32. The normalized spacial score (nSPS) is 15.5. The van der Waals surface area contributed by atoms with Gasteiger partial charge in [0.2, 0.25) is 0 Å². The van der Waals surface area contributed by atoms with Gasteiger partial charge >= 0.3 is 0 Å². The fraction of sp³-hybridized carbons (Fsp3) is 0.391. The molecule has 0 saturated carbocycles. The van der Waals surface area contributed by atoms with Crippen LogP contribution in [0.2, 0.25) is 0 Å². The lowest BCUT2D eigenvalue weighted by atomic mass is 9.96. The van der Waals surface area contributed by atoms with E-state index in [1.807, 2.05) is 4.52 Å². The van der Waals surface area contributed by atoms with E-state index in [1.165, 1.54) is 10.9 Å². The van der Waals surface area contributed by atoms with Gasteiger partial charge in [0.25, 0.3) is 0 Å². The van der Waals surface area contributed by atoms with Gasteiger partial charge in [-0.05, 0) is 55.3 Å². The zero-order valence-electron chi connectivity index (χ0n) is 17.4. The molecule has 1 aromatic carbocycles. The molecule has 1 N–H and O–H groups in total. The molecule has 5 rings (SSSR count). The van der Waals surface area contributed by atoms with Gasteiger partial charge in [-0.2, -0.15) is 5.10 Å². The van der Waals surface area contributed by atoms with Crippen molar-refractivity contribution in [3.8, 4) is 17.0 Å². The van der Waals surface area contributed by atoms with E-state index in [1.54, 1.807) is 6.33 Å². The van der Waals surface area contributed by atoms with E-state index in [2.05, 4.69) is 78.2 Å². The van der Waals surface area contributed by atoms with Gasteiger partial charge in [-0.15, -0.1) is 0 Å². The number of pyridine rings is 1. The van der Waals surface area contributed by atoms with E-state index < -0.39 is 0 Å². The highest BCUT2D eigenvalue weighted by atomic mass is 16.5. The molecule has 0 aliphatic carbocycles. The second kappa shape index (κ2) is 6.88. The Morgan fingerprint density at radius 3 is 2.83 bits per heavy atom. The third-order valence-corrected chi connectivity index (χ3v) is 5.86. The summed E-state index contributed by atoms with van der Waals surface area (Å²) in [6.07, 6.45) is 3.65. The first-order valence-electron chi connectivity index (χ1n) is 10.3. The molecule has 1 aliphatic rings. The number of benzene rings is 1. The van der Waals surface area contributed by atoms with Crippen molar-refractivity contribution in [3.05, 3.63) is 47.9 Å². The van der Waals surface area contributed by atoms with Crippen LogP contribution in [0.3, 0.4) is 0 Å². The molecule has 150 valence electrons. The maximum absolute atomic E-state index is 6.12. The summed E-state index contributed by atoms with van der Waals surface area (Å²) in [6, 6.07) is 8.58. The van der Waals surface area contributed by atoms with Crippen LogP contribution in [-0.4, -0.2) is 51.2 Å². The number of H-pyrrole nitrogens is 1. The number of aromatic nitrogens is 4. The number of hydrogen-bond donors (Lipinski definition) is 1. The minimum absolute atomic E-state index is 0.376. The summed E-state index contributed by atoms with van der Waals surface area (Å²) < 4.78 is 7.97. The van der Waals surface area contributed by atoms with E-state index in [4.69, 9.17) is 4.74 Å². The van der Waals surface area contributed by atoms with Gasteiger partial charge in [-0.3, -0.25) is 0 Å². The van der Waals surface area contributed by atoms with Crippen LogP contribution in [-0.2, 0) is 0 Å². The van der Waals surface area contributed by atoms with Crippen molar-refractivity contribution < 1.29 is 4.74 Å². The van der Waals surface area contributed by atoms with Crippen LogP contribution >= 0.6 is 0 Å². The molecule has 1 fully saturated rings. The van der Waals surface area contributed by atoms with Gasteiger partial charge in [0.15, 0.2) is 5.65 Å². The van der Waals surface area contributed by atoms with Crippen molar-refractivity contribution in [2.45, 2.75) is 26.7 Å². The van der Waals surface area contributed by atoms with Crippen LogP contribution < -0.4 is 4.74 Å². The standard InChI is InChI=1S/C23H27N5O/c1-14(2)21-19-8-18(29-12-16-9-27(4)10-16)5-6-20(19)26-22(21)17-7-15(3)23-24-13-25-28(23)11-17/h5-8,11,13-14,16,26H,9-10,12H2,1-4H3. The van der Waals surface area contributed by atoms with E-state index in [-0.39, 0.29) is 0 Å². The number of nitrogens with one attached hydrogen (secondary N) is 1. The molecule has 0 atom stereocenters. The maximum atomic E-state index is 6.12. The minimum Gasteiger partial charge on any atom is -0.493 e. The predicted molar refractivity (Wildman–Crippen MR) is 116 cm³/mol. The lowest BCUT2D eigenvalue weighted by Gasteiger charge is -2.35. The van der Waals surface area contributed by atoms with Crippen molar-refractivity contribution in [1.82, 2.24) is 24.5 Å². The predicted octanol–water partition coefficient (Wildman–Crippen LogP) is 4.25. The zero-order chi connectivity index (χ0) is 20.1. The summed E-state index contributed by atoms with van der Waals surface area (Å²) in [7, 11) is 2.15. The van der Waals surface area contributed by atoms with Crippen LogP contribution in [0, 0.1) is 12.8 Å². The highest BCUT2D eigenvalue weighted by molar-refractivity contribution is 5.92. The molecular weight excluding hydrogens is 362 g/mol. The highest BCUT2D eigenvalue weighted by Crippen LogP contribution is 2.37. The van der Waals surface area contributed by atoms with Crippen molar-refractivity contribution in [2.75, 3.05) is 26.7 Å². The number of likely N-dealkylation sites (tertiary alicyclic amines) is 1. The molecule has 0 radical (unpaired) electrons. The van der Waals surface area contributed by atoms with Gasteiger partial charge < -0.3 is 14.6 Å². The number of rotatable bonds is 5. The fourth-order valence-corrected chi connectivity index (χ4v) is 4.49. The Labute approximate surface area is 170 Å². The second-order valence-corrected chi connectivity index (χ2v) is 8.61. The van der Waals surface area contributed by atoms with Gasteiger partial charge in [-0.1, -0.05) is 13.8 Å². The third kappa shape index (κ3) is 3.17. The summed E-state index contributed by atoms with van der Waals surface area (Å²) in [4.78, 5) is 10.3. The summed E-state index contributed by atoms with van der Waals surface area (Å²) in [6.45, 7) is 9.59. The lowest BCUT2D eigenvalue weighted by molar-refractivity contribution is 0.0858. The molecule has 6 nitrogen and oxygen atoms in total. The Hall–Kier alpha value is -2.86. The lowest BCUT2D eigenvalue weighted by Crippen LogP contribution is -2.46. The number of hydrogen-bond acceptors (Lipinski definition) is 4. The van der Waals surface area contributed by atoms with Crippen LogP contribution in [0.25, 0.3) is 27.8 Å². The monoisotopic (exact) mass is 389 g/mol. The number of ether oxygens (including phenoxy) is 1. The van der Waals surface area contributed by atoms with E-state index >= 15 is 0 Å². The highest BCUT2D eigenvalue weighted by Gasteiger charge is 2.24. The quantitative estimate of drug-likeness (QED) is 0.554.